The average Bonchev–Trinajstić information content (AvgIpc) is 3.16. The van der Waals surface area contributed by atoms with Crippen LogP contribution in [0.1, 0.15) is 52.7 Å². The lowest BCUT2D eigenvalue weighted by molar-refractivity contribution is 0.0966. The number of aromatic nitrogens is 1. The van der Waals surface area contributed by atoms with Gasteiger partial charge in [0.15, 0.2) is 0 Å². The predicted octanol–water partition coefficient (Wildman–Crippen LogP) is 3.27. The predicted molar refractivity (Wildman–Crippen MR) is 130 cm³/mol. The molecule has 1 aromatic carbocycles. The molecule has 2 aromatic rings. The third kappa shape index (κ3) is 4.31. The van der Waals surface area contributed by atoms with Crippen molar-refractivity contribution < 1.29 is 4.79 Å². The van der Waals surface area contributed by atoms with Crippen LogP contribution >= 0.6 is 0 Å². The summed E-state index contributed by atoms with van der Waals surface area (Å²) in [5.74, 6) is 1.02. The van der Waals surface area contributed by atoms with Crippen molar-refractivity contribution in [1.82, 2.24) is 15.6 Å². The standard InChI is InChI=1S/C24H31N7O/c1-14-6-5-7-15(12-14)29-23-21-16(13-28-24(21)32)20(19(27-2)10-11-25)22(31-23)30-18-9-4-3-8-17(18)26/h5-7,10-12,17-18,25,27H,3-4,8-9,13,26H2,1-2H3,(H,28,32)(H2,29,30,31)/b19-10-,25-11?. The first kappa shape index (κ1) is 21.8. The molecule has 1 saturated carbocycles. The minimum absolute atomic E-state index is 0.0457. The van der Waals surface area contributed by atoms with Gasteiger partial charge in [-0.2, -0.15) is 0 Å². The van der Waals surface area contributed by atoms with E-state index in [4.69, 9.17) is 16.1 Å². The van der Waals surface area contributed by atoms with E-state index in [2.05, 4.69) is 21.3 Å². The van der Waals surface area contributed by atoms with Crippen LogP contribution in [0.4, 0.5) is 17.3 Å². The van der Waals surface area contributed by atoms with E-state index in [1.54, 1.807) is 13.1 Å². The van der Waals surface area contributed by atoms with Crippen LogP contribution in [0.15, 0.2) is 30.3 Å². The van der Waals surface area contributed by atoms with Crippen molar-refractivity contribution in [2.45, 2.75) is 51.2 Å². The lowest BCUT2D eigenvalue weighted by atomic mass is 9.90. The Morgan fingerprint density at radius 3 is 2.81 bits per heavy atom. The number of amides is 1. The smallest absolute Gasteiger partial charge is 0.255 e. The summed E-state index contributed by atoms with van der Waals surface area (Å²) >= 11 is 0. The van der Waals surface area contributed by atoms with Crippen molar-refractivity contribution in [2.24, 2.45) is 5.73 Å². The maximum Gasteiger partial charge on any atom is 0.255 e. The number of nitrogens with zero attached hydrogens (tertiary/aromatic N) is 1. The maximum atomic E-state index is 12.8. The van der Waals surface area contributed by atoms with E-state index in [-0.39, 0.29) is 18.0 Å². The molecule has 8 nitrogen and oxygen atoms in total. The molecule has 8 heteroatoms. The number of nitrogens with two attached hydrogens (primary N) is 1. The van der Waals surface area contributed by atoms with Crippen LogP contribution in [0.2, 0.25) is 0 Å². The Balaban J connectivity index is 1.86. The highest BCUT2D eigenvalue weighted by Crippen LogP contribution is 2.36. The summed E-state index contributed by atoms with van der Waals surface area (Å²) < 4.78 is 0. The normalized spacial score (nSPS) is 20.3. The molecule has 4 rings (SSSR count). The molecule has 0 spiro atoms. The van der Waals surface area contributed by atoms with Crippen LogP contribution in [0.5, 0.6) is 0 Å². The van der Waals surface area contributed by atoms with Crippen molar-refractivity contribution >= 4 is 35.1 Å². The Kier molecular flexibility index (Phi) is 6.41. The highest BCUT2D eigenvalue weighted by Gasteiger charge is 2.32. The van der Waals surface area contributed by atoms with Crippen molar-refractivity contribution in [3.8, 4) is 0 Å². The van der Waals surface area contributed by atoms with Crippen molar-refractivity contribution in [2.75, 3.05) is 17.7 Å². The number of pyridine rings is 1. The van der Waals surface area contributed by atoms with Gasteiger partial charge in [-0.05, 0) is 43.5 Å². The molecule has 0 radical (unpaired) electrons. The molecule has 1 fully saturated rings. The molecule has 2 aliphatic rings. The molecule has 168 valence electrons. The van der Waals surface area contributed by atoms with Crippen molar-refractivity contribution in [3.63, 3.8) is 0 Å². The van der Waals surface area contributed by atoms with E-state index in [9.17, 15) is 4.79 Å². The summed E-state index contributed by atoms with van der Waals surface area (Å²) in [5.41, 5.74) is 11.3. The highest BCUT2D eigenvalue weighted by atomic mass is 16.1. The molecule has 32 heavy (non-hydrogen) atoms. The maximum absolute atomic E-state index is 12.8. The van der Waals surface area contributed by atoms with E-state index in [1.165, 1.54) is 6.21 Å². The van der Waals surface area contributed by atoms with Gasteiger partial charge in [-0.15, -0.1) is 0 Å². The second kappa shape index (κ2) is 9.40. The summed E-state index contributed by atoms with van der Waals surface area (Å²) in [6.07, 6.45) is 7.12. The third-order valence-corrected chi connectivity index (χ3v) is 6.16. The van der Waals surface area contributed by atoms with E-state index in [0.717, 1.165) is 53.8 Å². The molecule has 2 unspecified atom stereocenters. The number of anilines is 3. The van der Waals surface area contributed by atoms with Gasteiger partial charge in [-0.1, -0.05) is 25.0 Å². The number of carbonyl (C=O) groups excluding carboxylic acids is 1. The molecule has 1 aliphatic carbocycles. The van der Waals surface area contributed by atoms with Crippen LogP contribution in [-0.2, 0) is 6.54 Å². The zero-order valence-electron chi connectivity index (χ0n) is 18.6. The van der Waals surface area contributed by atoms with Crippen LogP contribution < -0.4 is 27.0 Å². The fourth-order valence-electron chi connectivity index (χ4n) is 4.55. The van der Waals surface area contributed by atoms with Crippen molar-refractivity contribution in [1.29, 1.82) is 5.41 Å². The average molecular weight is 434 g/mol. The molecule has 1 aliphatic heterocycles. The van der Waals surface area contributed by atoms with Gasteiger partial charge < -0.3 is 32.4 Å². The number of nitrogens with one attached hydrogen (secondary N) is 5. The highest BCUT2D eigenvalue weighted by molar-refractivity contribution is 6.06. The quantitative estimate of drug-likeness (QED) is 0.372. The largest absolute Gasteiger partial charge is 0.387 e. The van der Waals surface area contributed by atoms with Gasteiger partial charge in [-0.3, -0.25) is 4.79 Å². The first-order chi connectivity index (χ1) is 15.5. The van der Waals surface area contributed by atoms with Gasteiger partial charge in [0, 0.05) is 54.4 Å². The molecule has 7 N–H and O–H groups in total. The summed E-state index contributed by atoms with van der Waals surface area (Å²) in [6.45, 7) is 2.43. The van der Waals surface area contributed by atoms with Crippen molar-refractivity contribution in [3.05, 3.63) is 52.6 Å². The Bertz CT molecular complexity index is 1060. The topological polar surface area (TPSA) is 128 Å². The molecule has 0 bridgehead atoms. The Hall–Kier alpha value is -3.39. The summed E-state index contributed by atoms with van der Waals surface area (Å²) in [4.78, 5) is 17.7. The van der Waals surface area contributed by atoms with E-state index >= 15 is 0 Å². The van der Waals surface area contributed by atoms with E-state index in [0.29, 0.717) is 23.7 Å². The second-order valence-electron chi connectivity index (χ2n) is 8.41. The lowest BCUT2D eigenvalue weighted by Gasteiger charge is -2.31. The number of fused-ring (bicyclic) bond motifs is 1. The van der Waals surface area contributed by atoms with Crippen LogP contribution in [0.3, 0.4) is 0 Å². The summed E-state index contributed by atoms with van der Waals surface area (Å²) in [6, 6.07) is 8.12. The zero-order chi connectivity index (χ0) is 22.7. The number of aryl methyl sites for hydroxylation is 1. The molecule has 1 amide bonds. The first-order valence-electron chi connectivity index (χ1n) is 11.1. The third-order valence-electron chi connectivity index (χ3n) is 6.16. The van der Waals surface area contributed by atoms with Gasteiger partial charge in [-0.25, -0.2) is 4.98 Å². The fourth-order valence-corrected chi connectivity index (χ4v) is 4.55. The zero-order valence-corrected chi connectivity index (χ0v) is 18.6. The van der Waals surface area contributed by atoms with Crippen LogP contribution in [0, 0.1) is 12.3 Å². The number of carbonyl (C=O) groups is 1. The minimum Gasteiger partial charge on any atom is -0.387 e. The first-order valence-corrected chi connectivity index (χ1v) is 11.1. The van der Waals surface area contributed by atoms with Gasteiger partial charge in [0.25, 0.3) is 5.91 Å². The second-order valence-corrected chi connectivity index (χ2v) is 8.41. The molecule has 2 heterocycles. The van der Waals surface area contributed by atoms with E-state index in [1.807, 2.05) is 31.2 Å². The molecule has 0 saturated heterocycles. The van der Waals surface area contributed by atoms with Crippen LogP contribution in [0.25, 0.3) is 5.70 Å². The van der Waals surface area contributed by atoms with Gasteiger partial charge in [0.2, 0.25) is 0 Å². The number of hydrogen-bond acceptors (Lipinski definition) is 7. The molecule has 1 aromatic heterocycles. The lowest BCUT2D eigenvalue weighted by Crippen LogP contribution is -2.43. The van der Waals surface area contributed by atoms with E-state index < -0.39 is 0 Å². The van der Waals surface area contributed by atoms with Crippen LogP contribution in [-0.4, -0.2) is 36.2 Å². The number of allylic oxidation sites excluding steroid dienone is 1. The fraction of sp³-hybridized carbons (Fsp3) is 0.375. The van der Waals surface area contributed by atoms with Gasteiger partial charge in [0.1, 0.15) is 11.6 Å². The number of hydrogen-bond donors (Lipinski definition) is 6. The molecular weight excluding hydrogens is 402 g/mol. The van der Waals surface area contributed by atoms with Gasteiger partial charge >= 0.3 is 0 Å². The molecule has 2 atom stereocenters. The number of benzene rings is 1. The number of rotatable bonds is 7. The Labute approximate surface area is 188 Å². The minimum atomic E-state index is -0.157. The Morgan fingerprint density at radius 1 is 1.28 bits per heavy atom. The molecular formula is C24H31N7O. The Morgan fingerprint density at radius 2 is 2.09 bits per heavy atom. The van der Waals surface area contributed by atoms with Gasteiger partial charge in [0.05, 0.1) is 5.56 Å². The monoisotopic (exact) mass is 433 g/mol. The SMILES string of the molecule is CN/C(=C\C=N)c1c(NC2CCCCC2N)nc(Nc2cccc(C)c2)c2c1CNC2=O. The summed E-state index contributed by atoms with van der Waals surface area (Å²) in [5, 5.41) is 20.6. The summed E-state index contributed by atoms with van der Waals surface area (Å²) in [7, 11) is 1.81.